The number of nitrogens with zero attached hydrogens (tertiary/aromatic N) is 1. The predicted molar refractivity (Wildman–Crippen MR) is 128 cm³/mol. The van der Waals surface area contributed by atoms with E-state index in [0.717, 1.165) is 46.8 Å². The summed E-state index contributed by atoms with van der Waals surface area (Å²) >= 11 is 0. The molecule has 0 unspecified atom stereocenters. The lowest BCUT2D eigenvalue weighted by atomic mass is 10.1. The van der Waals surface area contributed by atoms with Gasteiger partial charge in [-0.05, 0) is 56.5 Å². The van der Waals surface area contributed by atoms with Crippen LogP contribution in [-0.4, -0.2) is 34.6 Å². The largest absolute Gasteiger partial charge is 0.494 e. The van der Waals surface area contributed by atoms with Gasteiger partial charge in [-0.3, -0.25) is 9.59 Å². The first-order valence-corrected chi connectivity index (χ1v) is 11.1. The average Bonchev–Trinajstić information content (AvgIpc) is 3.11. The van der Waals surface area contributed by atoms with E-state index in [0.29, 0.717) is 24.5 Å². The molecule has 1 N–H and O–H groups in total. The molecule has 0 saturated heterocycles. The van der Waals surface area contributed by atoms with Gasteiger partial charge >= 0.3 is 5.97 Å². The second kappa shape index (κ2) is 10.2. The Hall–Kier alpha value is -3.80. The monoisotopic (exact) mass is 445 g/mol. The van der Waals surface area contributed by atoms with E-state index < -0.39 is 5.97 Å². The Morgan fingerprint density at radius 1 is 0.818 bits per heavy atom. The van der Waals surface area contributed by atoms with Crippen LogP contribution in [0.4, 0.5) is 0 Å². The maximum atomic E-state index is 11.7. The van der Waals surface area contributed by atoms with Gasteiger partial charge in [-0.25, -0.2) is 0 Å². The van der Waals surface area contributed by atoms with Gasteiger partial charge in [-0.1, -0.05) is 30.3 Å². The molecule has 170 valence electrons. The Balaban J connectivity index is 1.31. The van der Waals surface area contributed by atoms with E-state index in [1.165, 1.54) is 6.92 Å². The SMILES string of the molecule is CC(=O)c1ccccc1OCCCCCOc1ccc2c3ccccc3n(CC(=O)O)c2c1. The van der Waals surface area contributed by atoms with Crippen LogP contribution in [0.1, 0.15) is 36.5 Å². The van der Waals surface area contributed by atoms with Gasteiger partial charge in [-0.15, -0.1) is 0 Å². The van der Waals surface area contributed by atoms with Crippen molar-refractivity contribution in [2.24, 2.45) is 0 Å². The molecule has 3 aromatic carbocycles. The molecule has 6 heteroatoms. The molecule has 33 heavy (non-hydrogen) atoms. The molecule has 0 aliphatic heterocycles. The zero-order valence-electron chi connectivity index (χ0n) is 18.6. The standard InChI is InChI=1S/C27H27NO5/c1-19(29)21-9-4-6-12-26(21)33-16-8-2-7-15-32-20-13-14-23-22-10-3-5-11-24(22)28(18-27(30)31)25(23)17-20/h3-6,9-14,17H,2,7-8,15-16,18H2,1H3,(H,30,31). The lowest BCUT2D eigenvalue weighted by Gasteiger charge is -2.10. The number of carbonyl (C=O) groups is 2. The molecule has 0 bridgehead atoms. The van der Waals surface area contributed by atoms with Crippen molar-refractivity contribution < 1.29 is 24.2 Å². The number of unbranched alkanes of at least 4 members (excludes halogenated alkanes) is 2. The summed E-state index contributed by atoms with van der Waals surface area (Å²) in [5, 5.41) is 11.4. The first kappa shape index (κ1) is 22.4. The zero-order chi connectivity index (χ0) is 23.2. The van der Waals surface area contributed by atoms with Crippen LogP contribution in [0.15, 0.2) is 66.7 Å². The van der Waals surface area contributed by atoms with E-state index in [-0.39, 0.29) is 12.3 Å². The number of carbonyl (C=O) groups excluding carboxylic acids is 1. The first-order valence-electron chi connectivity index (χ1n) is 11.1. The van der Waals surface area contributed by atoms with Gasteiger partial charge in [0.05, 0.1) is 24.3 Å². The second-order valence-electron chi connectivity index (χ2n) is 7.99. The molecule has 0 aliphatic rings. The van der Waals surface area contributed by atoms with Crippen LogP contribution in [0, 0.1) is 0 Å². The highest BCUT2D eigenvalue weighted by atomic mass is 16.5. The topological polar surface area (TPSA) is 77.8 Å². The van der Waals surface area contributed by atoms with Crippen LogP contribution in [-0.2, 0) is 11.3 Å². The minimum absolute atomic E-state index is 0.00152. The molecular formula is C27H27NO5. The third kappa shape index (κ3) is 5.17. The number of hydrogen-bond donors (Lipinski definition) is 1. The summed E-state index contributed by atoms with van der Waals surface area (Å²) in [6.07, 6.45) is 2.67. The molecule has 0 fully saturated rings. The quantitative estimate of drug-likeness (QED) is 0.236. The van der Waals surface area contributed by atoms with Crippen molar-refractivity contribution in [3.63, 3.8) is 0 Å². The number of carboxylic acids is 1. The molecule has 0 spiro atoms. The number of benzene rings is 3. The van der Waals surface area contributed by atoms with E-state index in [1.54, 1.807) is 6.07 Å². The molecule has 4 rings (SSSR count). The molecule has 0 radical (unpaired) electrons. The number of rotatable bonds is 11. The number of ketones is 1. The summed E-state index contributed by atoms with van der Waals surface area (Å²) in [4.78, 5) is 23.1. The van der Waals surface area contributed by atoms with E-state index in [9.17, 15) is 14.7 Å². The molecular weight excluding hydrogens is 418 g/mol. The van der Waals surface area contributed by atoms with Crippen LogP contribution in [0.2, 0.25) is 0 Å². The molecule has 1 aromatic heterocycles. The van der Waals surface area contributed by atoms with E-state index in [1.807, 2.05) is 65.2 Å². The Bertz CT molecular complexity index is 1290. The summed E-state index contributed by atoms with van der Waals surface area (Å²) in [6.45, 7) is 2.55. The fraction of sp³-hybridized carbons (Fsp3) is 0.259. The maximum Gasteiger partial charge on any atom is 0.323 e. The van der Waals surface area contributed by atoms with Crippen molar-refractivity contribution in [3.05, 3.63) is 72.3 Å². The number of carboxylic acid groups (broad SMARTS) is 1. The lowest BCUT2D eigenvalue weighted by molar-refractivity contribution is -0.137. The number of aliphatic carboxylic acids is 1. The Morgan fingerprint density at radius 3 is 2.30 bits per heavy atom. The van der Waals surface area contributed by atoms with Gasteiger partial charge < -0.3 is 19.1 Å². The summed E-state index contributed by atoms with van der Waals surface area (Å²) in [7, 11) is 0. The van der Waals surface area contributed by atoms with E-state index in [4.69, 9.17) is 9.47 Å². The van der Waals surface area contributed by atoms with Gasteiger partial charge in [0.1, 0.15) is 18.0 Å². The van der Waals surface area contributed by atoms with E-state index in [2.05, 4.69) is 0 Å². The highest BCUT2D eigenvalue weighted by Gasteiger charge is 2.13. The zero-order valence-corrected chi connectivity index (χ0v) is 18.6. The maximum absolute atomic E-state index is 11.7. The summed E-state index contributed by atoms with van der Waals surface area (Å²) < 4.78 is 13.5. The number of Topliss-reactive ketones (excluding diaryl/α,β-unsaturated/α-hetero) is 1. The number of ether oxygens (including phenoxy) is 2. The number of para-hydroxylation sites is 2. The number of fused-ring (bicyclic) bond motifs is 3. The van der Waals surface area contributed by atoms with Gasteiger partial charge in [0.15, 0.2) is 5.78 Å². The summed E-state index contributed by atoms with van der Waals surface area (Å²) in [5.41, 5.74) is 2.36. The van der Waals surface area contributed by atoms with Crippen LogP contribution >= 0.6 is 0 Å². The van der Waals surface area contributed by atoms with Gasteiger partial charge in [0.25, 0.3) is 0 Å². The number of hydrogen-bond acceptors (Lipinski definition) is 4. The summed E-state index contributed by atoms with van der Waals surface area (Å²) in [5.74, 6) is 0.477. The van der Waals surface area contributed by atoms with Crippen LogP contribution < -0.4 is 9.47 Å². The minimum Gasteiger partial charge on any atom is -0.494 e. The molecule has 4 aromatic rings. The fourth-order valence-corrected chi connectivity index (χ4v) is 4.06. The third-order valence-electron chi connectivity index (χ3n) is 5.62. The van der Waals surface area contributed by atoms with Crippen LogP contribution in [0.3, 0.4) is 0 Å². The first-order chi connectivity index (χ1) is 16.0. The Morgan fingerprint density at radius 2 is 1.52 bits per heavy atom. The van der Waals surface area contributed by atoms with Gasteiger partial charge in [0.2, 0.25) is 0 Å². The van der Waals surface area contributed by atoms with Crippen molar-refractivity contribution in [2.45, 2.75) is 32.7 Å². The third-order valence-corrected chi connectivity index (χ3v) is 5.62. The average molecular weight is 446 g/mol. The van der Waals surface area contributed by atoms with Crippen LogP contribution in [0.25, 0.3) is 21.8 Å². The second-order valence-corrected chi connectivity index (χ2v) is 7.99. The minimum atomic E-state index is -0.878. The van der Waals surface area contributed by atoms with Crippen molar-refractivity contribution in [2.75, 3.05) is 13.2 Å². The fourth-order valence-electron chi connectivity index (χ4n) is 4.06. The molecule has 0 amide bonds. The normalized spacial score (nSPS) is 11.1. The van der Waals surface area contributed by atoms with Crippen molar-refractivity contribution in [1.82, 2.24) is 4.57 Å². The highest BCUT2D eigenvalue weighted by molar-refractivity contribution is 6.08. The highest BCUT2D eigenvalue weighted by Crippen LogP contribution is 2.31. The Labute approximate surface area is 192 Å². The van der Waals surface area contributed by atoms with Crippen LogP contribution in [0.5, 0.6) is 11.5 Å². The predicted octanol–water partition coefficient (Wildman–Crippen LogP) is 5.71. The number of aromatic nitrogens is 1. The molecule has 6 nitrogen and oxygen atoms in total. The Kier molecular flexibility index (Phi) is 6.93. The molecule has 1 heterocycles. The van der Waals surface area contributed by atoms with E-state index >= 15 is 0 Å². The summed E-state index contributed by atoms with van der Waals surface area (Å²) in [6, 6.07) is 21.0. The van der Waals surface area contributed by atoms with Crippen molar-refractivity contribution in [3.8, 4) is 11.5 Å². The van der Waals surface area contributed by atoms with Gasteiger partial charge in [-0.2, -0.15) is 0 Å². The smallest absolute Gasteiger partial charge is 0.323 e. The van der Waals surface area contributed by atoms with Crippen molar-refractivity contribution >= 4 is 33.6 Å². The molecule has 0 saturated carbocycles. The molecule has 0 atom stereocenters. The van der Waals surface area contributed by atoms with Gasteiger partial charge in [0, 0.05) is 22.4 Å². The lowest BCUT2D eigenvalue weighted by Crippen LogP contribution is -2.08. The van der Waals surface area contributed by atoms with Crippen molar-refractivity contribution in [1.29, 1.82) is 0 Å². The molecule has 0 aliphatic carbocycles.